The SMILES string of the molecule is CCOC(=O)N(Cc1ccccc1)[C@H]1CCNC[C@@H]1O. The quantitative estimate of drug-likeness (QED) is 0.873. The zero-order chi connectivity index (χ0) is 14.4. The van der Waals surface area contributed by atoms with Crippen LogP contribution in [0.25, 0.3) is 0 Å². The summed E-state index contributed by atoms with van der Waals surface area (Å²) in [5, 5.41) is 13.2. The second kappa shape index (κ2) is 7.26. The van der Waals surface area contributed by atoms with E-state index in [9.17, 15) is 9.90 Å². The third-order valence-electron chi connectivity index (χ3n) is 3.51. The molecule has 20 heavy (non-hydrogen) atoms. The highest BCUT2D eigenvalue weighted by Gasteiger charge is 2.32. The first-order valence-corrected chi connectivity index (χ1v) is 7.08. The number of rotatable bonds is 4. The lowest BCUT2D eigenvalue weighted by molar-refractivity contribution is 0.0174. The van der Waals surface area contributed by atoms with Crippen molar-refractivity contribution in [1.29, 1.82) is 0 Å². The molecule has 1 aliphatic heterocycles. The summed E-state index contributed by atoms with van der Waals surface area (Å²) in [6, 6.07) is 9.57. The van der Waals surface area contributed by atoms with Crippen molar-refractivity contribution in [3.05, 3.63) is 35.9 Å². The minimum atomic E-state index is -0.558. The number of nitrogens with zero attached hydrogens (tertiary/aromatic N) is 1. The minimum absolute atomic E-state index is 0.199. The predicted octanol–water partition coefficient (Wildman–Crippen LogP) is 1.37. The number of β-amino-alcohol motifs (C(OH)–C–C–N with tert-alkyl or cyclic N) is 1. The first-order valence-electron chi connectivity index (χ1n) is 7.08. The van der Waals surface area contributed by atoms with E-state index >= 15 is 0 Å². The van der Waals surface area contributed by atoms with Gasteiger partial charge in [0.25, 0.3) is 0 Å². The summed E-state index contributed by atoms with van der Waals surface area (Å²) >= 11 is 0. The Kier molecular flexibility index (Phi) is 5.38. The van der Waals surface area contributed by atoms with Crippen LogP contribution in [0.15, 0.2) is 30.3 Å². The van der Waals surface area contributed by atoms with E-state index in [-0.39, 0.29) is 12.1 Å². The highest BCUT2D eigenvalue weighted by Crippen LogP contribution is 2.17. The van der Waals surface area contributed by atoms with E-state index in [1.165, 1.54) is 0 Å². The Labute approximate surface area is 119 Å². The number of hydrogen-bond acceptors (Lipinski definition) is 4. The van der Waals surface area contributed by atoms with Gasteiger partial charge in [-0.3, -0.25) is 4.90 Å². The van der Waals surface area contributed by atoms with Crippen LogP contribution in [0.1, 0.15) is 18.9 Å². The van der Waals surface area contributed by atoms with Crippen LogP contribution in [0, 0.1) is 0 Å². The second-order valence-electron chi connectivity index (χ2n) is 4.94. The average molecular weight is 278 g/mol. The first kappa shape index (κ1) is 14.8. The maximum atomic E-state index is 12.2. The summed E-state index contributed by atoms with van der Waals surface area (Å²) in [7, 11) is 0. The molecule has 0 aliphatic carbocycles. The van der Waals surface area contributed by atoms with Gasteiger partial charge < -0.3 is 15.2 Å². The van der Waals surface area contributed by atoms with Crippen molar-refractivity contribution in [2.75, 3.05) is 19.7 Å². The van der Waals surface area contributed by atoms with Crippen molar-refractivity contribution in [2.45, 2.75) is 32.0 Å². The van der Waals surface area contributed by atoms with Gasteiger partial charge >= 0.3 is 6.09 Å². The fourth-order valence-electron chi connectivity index (χ4n) is 2.50. The Balaban J connectivity index is 2.13. The summed E-state index contributed by atoms with van der Waals surface area (Å²) in [6.07, 6.45) is -0.188. The molecule has 0 spiro atoms. The smallest absolute Gasteiger partial charge is 0.410 e. The van der Waals surface area contributed by atoms with Gasteiger partial charge in [0.2, 0.25) is 0 Å². The molecule has 1 aromatic rings. The molecule has 0 radical (unpaired) electrons. The Morgan fingerprint density at radius 1 is 1.45 bits per heavy atom. The molecule has 2 rings (SSSR count). The topological polar surface area (TPSA) is 61.8 Å². The third kappa shape index (κ3) is 3.71. The maximum absolute atomic E-state index is 12.2. The van der Waals surface area contributed by atoms with Gasteiger partial charge in [-0.15, -0.1) is 0 Å². The van der Waals surface area contributed by atoms with Gasteiger partial charge in [-0.05, 0) is 25.5 Å². The number of aliphatic hydroxyl groups is 1. The number of amides is 1. The van der Waals surface area contributed by atoms with Crippen molar-refractivity contribution in [2.24, 2.45) is 0 Å². The molecule has 1 aromatic carbocycles. The summed E-state index contributed by atoms with van der Waals surface area (Å²) in [5.74, 6) is 0. The number of aliphatic hydroxyl groups excluding tert-OH is 1. The highest BCUT2D eigenvalue weighted by atomic mass is 16.6. The molecule has 1 aliphatic rings. The van der Waals surface area contributed by atoms with Crippen LogP contribution in [0.5, 0.6) is 0 Å². The maximum Gasteiger partial charge on any atom is 0.410 e. The van der Waals surface area contributed by atoms with Crippen LogP contribution < -0.4 is 5.32 Å². The highest BCUT2D eigenvalue weighted by molar-refractivity contribution is 5.68. The lowest BCUT2D eigenvalue weighted by atomic mass is 10.0. The van der Waals surface area contributed by atoms with Gasteiger partial charge in [0.15, 0.2) is 0 Å². The molecule has 2 N–H and O–H groups in total. The Morgan fingerprint density at radius 3 is 2.85 bits per heavy atom. The standard InChI is InChI=1S/C15H22N2O3/c1-2-20-15(19)17(11-12-6-4-3-5-7-12)13-8-9-16-10-14(13)18/h3-7,13-14,16,18H,2,8-11H2,1H3/t13-,14-/m0/s1. The zero-order valence-corrected chi connectivity index (χ0v) is 11.8. The number of carbonyl (C=O) groups excluding carboxylic acids is 1. The van der Waals surface area contributed by atoms with Gasteiger partial charge in [-0.2, -0.15) is 0 Å². The fourth-order valence-corrected chi connectivity index (χ4v) is 2.50. The molecule has 0 bridgehead atoms. The van der Waals surface area contributed by atoms with Crippen molar-refractivity contribution in [3.8, 4) is 0 Å². The molecule has 2 atom stereocenters. The molecule has 110 valence electrons. The predicted molar refractivity (Wildman–Crippen MR) is 76.3 cm³/mol. The monoisotopic (exact) mass is 278 g/mol. The number of ether oxygens (including phenoxy) is 1. The first-order chi connectivity index (χ1) is 9.72. The number of piperidine rings is 1. The molecule has 5 nitrogen and oxygen atoms in total. The lowest BCUT2D eigenvalue weighted by Gasteiger charge is -2.37. The molecule has 1 fully saturated rings. The van der Waals surface area contributed by atoms with E-state index in [0.29, 0.717) is 19.7 Å². The normalized spacial score (nSPS) is 22.3. The number of hydrogen-bond donors (Lipinski definition) is 2. The van der Waals surface area contributed by atoms with Crippen LogP contribution in [0.4, 0.5) is 4.79 Å². The van der Waals surface area contributed by atoms with Gasteiger partial charge in [-0.1, -0.05) is 30.3 Å². The summed E-state index contributed by atoms with van der Waals surface area (Å²) < 4.78 is 5.13. The van der Waals surface area contributed by atoms with Crippen LogP contribution in [-0.4, -0.2) is 47.9 Å². The molecule has 1 amide bonds. The molecule has 0 saturated carbocycles. The van der Waals surface area contributed by atoms with Crippen LogP contribution in [0.2, 0.25) is 0 Å². The molecular weight excluding hydrogens is 256 g/mol. The zero-order valence-electron chi connectivity index (χ0n) is 11.8. The Bertz CT molecular complexity index is 424. The van der Waals surface area contributed by atoms with Crippen molar-refractivity contribution >= 4 is 6.09 Å². The molecule has 0 unspecified atom stereocenters. The molecule has 5 heteroatoms. The van der Waals surface area contributed by atoms with Crippen LogP contribution >= 0.6 is 0 Å². The van der Waals surface area contributed by atoms with E-state index in [1.807, 2.05) is 30.3 Å². The van der Waals surface area contributed by atoms with E-state index in [4.69, 9.17) is 4.74 Å². The van der Waals surface area contributed by atoms with Crippen LogP contribution in [0.3, 0.4) is 0 Å². The number of carbonyl (C=O) groups is 1. The lowest BCUT2D eigenvalue weighted by Crippen LogP contribution is -2.54. The van der Waals surface area contributed by atoms with Gasteiger partial charge in [0.1, 0.15) is 0 Å². The van der Waals surface area contributed by atoms with Gasteiger partial charge in [0.05, 0.1) is 18.8 Å². The Hall–Kier alpha value is -1.59. The fraction of sp³-hybridized carbons (Fsp3) is 0.533. The number of nitrogens with one attached hydrogen (secondary N) is 1. The van der Waals surface area contributed by atoms with E-state index in [0.717, 1.165) is 18.5 Å². The summed E-state index contributed by atoms with van der Waals surface area (Å²) in [6.45, 7) is 3.89. The van der Waals surface area contributed by atoms with E-state index in [1.54, 1.807) is 11.8 Å². The van der Waals surface area contributed by atoms with Crippen LogP contribution in [-0.2, 0) is 11.3 Å². The minimum Gasteiger partial charge on any atom is -0.450 e. The van der Waals surface area contributed by atoms with Gasteiger partial charge in [-0.25, -0.2) is 4.79 Å². The largest absolute Gasteiger partial charge is 0.450 e. The van der Waals surface area contributed by atoms with E-state index < -0.39 is 6.10 Å². The Morgan fingerprint density at radius 2 is 2.20 bits per heavy atom. The third-order valence-corrected chi connectivity index (χ3v) is 3.51. The molecule has 1 heterocycles. The second-order valence-corrected chi connectivity index (χ2v) is 4.94. The molecule has 0 aromatic heterocycles. The van der Waals surface area contributed by atoms with Crippen molar-refractivity contribution < 1.29 is 14.6 Å². The van der Waals surface area contributed by atoms with Crippen molar-refractivity contribution in [3.63, 3.8) is 0 Å². The summed E-state index contributed by atoms with van der Waals surface area (Å²) in [4.78, 5) is 13.8. The molecule has 1 saturated heterocycles. The number of benzene rings is 1. The van der Waals surface area contributed by atoms with E-state index in [2.05, 4.69) is 5.32 Å². The van der Waals surface area contributed by atoms with Gasteiger partial charge in [0, 0.05) is 13.1 Å². The summed E-state index contributed by atoms with van der Waals surface area (Å²) in [5.41, 5.74) is 1.03. The molecular formula is C15H22N2O3. The van der Waals surface area contributed by atoms with Crippen molar-refractivity contribution in [1.82, 2.24) is 10.2 Å². The average Bonchev–Trinajstić information content (AvgIpc) is 2.47.